The van der Waals surface area contributed by atoms with Crippen LogP contribution in [0.25, 0.3) is 5.69 Å². The van der Waals surface area contributed by atoms with Gasteiger partial charge < -0.3 is 10.1 Å². The average Bonchev–Trinajstić information content (AvgIpc) is 3.29. The molecule has 122 valence electrons. The maximum Gasteiger partial charge on any atom is 0.164 e. The van der Waals surface area contributed by atoms with Crippen LogP contribution in [0.4, 0.5) is 0 Å². The summed E-state index contributed by atoms with van der Waals surface area (Å²) in [6.07, 6.45) is 1.75. The number of aromatic nitrogens is 3. The Bertz CT molecular complexity index is 828. The van der Waals surface area contributed by atoms with Crippen LogP contribution in [0.1, 0.15) is 35.5 Å². The highest BCUT2D eigenvalue weighted by atomic mass is 16.5. The van der Waals surface area contributed by atoms with Crippen molar-refractivity contribution < 1.29 is 4.74 Å². The van der Waals surface area contributed by atoms with Gasteiger partial charge in [-0.3, -0.25) is 0 Å². The number of para-hydroxylation sites is 1. The number of fused-ring (bicyclic) bond motifs is 1. The van der Waals surface area contributed by atoms with Crippen molar-refractivity contribution in [1.29, 1.82) is 0 Å². The lowest BCUT2D eigenvalue weighted by molar-refractivity contribution is 0.134. The Morgan fingerprint density at radius 2 is 1.96 bits per heavy atom. The number of nitrogens with one attached hydrogen (secondary N) is 1. The molecule has 0 fully saturated rings. The molecule has 0 amide bonds. The highest BCUT2D eigenvalue weighted by Crippen LogP contribution is 2.23. The molecule has 0 saturated carbocycles. The molecular formula is C19H20N4O. The van der Waals surface area contributed by atoms with E-state index in [0.717, 1.165) is 24.7 Å². The fourth-order valence-electron chi connectivity index (χ4n) is 2.91. The zero-order valence-electron chi connectivity index (χ0n) is 13.6. The second-order valence-electron chi connectivity index (χ2n) is 6.06. The van der Waals surface area contributed by atoms with Crippen molar-refractivity contribution in [3.05, 3.63) is 77.4 Å². The summed E-state index contributed by atoms with van der Waals surface area (Å²) in [5.41, 5.74) is 4.88. The number of rotatable bonds is 5. The average molecular weight is 320 g/mol. The fourth-order valence-corrected chi connectivity index (χ4v) is 2.91. The van der Waals surface area contributed by atoms with Gasteiger partial charge in [-0.05, 0) is 35.7 Å². The number of benzene rings is 2. The van der Waals surface area contributed by atoms with Crippen LogP contribution in [-0.2, 0) is 24.5 Å². The van der Waals surface area contributed by atoms with Crippen LogP contribution >= 0.6 is 0 Å². The second-order valence-corrected chi connectivity index (χ2v) is 6.06. The third-order valence-electron chi connectivity index (χ3n) is 4.37. The monoisotopic (exact) mass is 320 g/mol. The van der Waals surface area contributed by atoms with Crippen LogP contribution in [-0.4, -0.2) is 14.8 Å². The summed E-state index contributed by atoms with van der Waals surface area (Å²) in [6.45, 7) is 4.25. The molecular weight excluding hydrogens is 300 g/mol. The van der Waals surface area contributed by atoms with Gasteiger partial charge in [0.1, 0.15) is 6.33 Å². The predicted octanol–water partition coefficient (Wildman–Crippen LogP) is 3.15. The molecule has 3 aromatic rings. The van der Waals surface area contributed by atoms with Gasteiger partial charge in [0.05, 0.1) is 25.4 Å². The minimum absolute atomic E-state index is 0.236. The van der Waals surface area contributed by atoms with Gasteiger partial charge in [0.25, 0.3) is 0 Å². The normalized spacial score (nSPS) is 14.5. The first-order valence-corrected chi connectivity index (χ1v) is 8.18. The van der Waals surface area contributed by atoms with Crippen LogP contribution in [0.3, 0.4) is 0 Å². The molecule has 0 spiro atoms. The molecule has 1 aliphatic rings. The van der Waals surface area contributed by atoms with Crippen molar-refractivity contribution in [3.63, 3.8) is 0 Å². The van der Waals surface area contributed by atoms with Crippen molar-refractivity contribution >= 4 is 0 Å². The molecule has 1 atom stereocenters. The Kier molecular flexibility index (Phi) is 4.11. The molecule has 1 aliphatic heterocycles. The molecule has 2 heterocycles. The topological polar surface area (TPSA) is 52.0 Å². The summed E-state index contributed by atoms with van der Waals surface area (Å²) in [6, 6.07) is 16.8. The number of ether oxygens (including phenoxy) is 1. The van der Waals surface area contributed by atoms with E-state index >= 15 is 0 Å². The van der Waals surface area contributed by atoms with E-state index in [1.54, 1.807) is 11.0 Å². The summed E-state index contributed by atoms with van der Waals surface area (Å²) >= 11 is 0. The predicted molar refractivity (Wildman–Crippen MR) is 91.5 cm³/mol. The molecule has 5 nitrogen and oxygen atoms in total. The third-order valence-corrected chi connectivity index (χ3v) is 4.37. The van der Waals surface area contributed by atoms with Crippen molar-refractivity contribution in [2.24, 2.45) is 0 Å². The Hall–Kier alpha value is -2.50. The molecule has 2 aromatic carbocycles. The smallest absolute Gasteiger partial charge is 0.164 e. The minimum atomic E-state index is 0.236. The van der Waals surface area contributed by atoms with E-state index in [9.17, 15) is 0 Å². The van der Waals surface area contributed by atoms with Crippen LogP contribution in [0.5, 0.6) is 0 Å². The molecule has 0 bridgehead atoms. The van der Waals surface area contributed by atoms with Gasteiger partial charge in [-0.15, -0.1) is 5.10 Å². The lowest BCUT2D eigenvalue weighted by atomic mass is 10.0. The Labute approximate surface area is 141 Å². The van der Waals surface area contributed by atoms with Crippen molar-refractivity contribution in [3.8, 4) is 5.69 Å². The summed E-state index contributed by atoms with van der Waals surface area (Å²) < 4.78 is 7.28. The van der Waals surface area contributed by atoms with E-state index in [2.05, 4.69) is 40.5 Å². The van der Waals surface area contributed by atoms with Gasteiger partial charge in [-0.1, -0.05) is 36.4 Å². The molecule has 1 aromatic heterocycles. The van der Waals surface area contributed by atoms with E-state index in [1.165, 1.54) is 16.7 Å². The first-order chi connectivity index (χ1) is 11.8. The SMILES string of the molecule is CC(NCc1ncn(-c2ccccc2)n1)c1ccc2c(c1)COC2. The first kappa shape index (κ1) is 15.1. The zero-order chi connectivity index (χ0) is 16.4. The highest BCUT2D eigenvalue weighted by molar-refractivity contribution is 5.34. The van der Waals surface area contributed by atoms with Crippen LogP contribution < -0.4 is 5.32 Å². The van der Waals surface area contributed by atoms with E-state index in [-0.39, 0.29) is 6.04 Å². The molecule has 1 unspecified atom stereocenters. The van der Waals surface area contributed by atoms with Crippen LogP contribution in [0, 0.1) is 0 Å². The first-order valence-electron chi connectivity index (χ1n) is 8.18. The van der Waals surface area contributed by atoms with Gasteiger partial charge in [0.2, 0.25) is 0 Å². The summed E-state index contributed by atoms with van der Waals surface area (Å²) in [5.74, 6) is 0.787. The Morgan fingerprint density at radius 1 is 1.12 bits per heavy atom. The minimum Gasteiger partial charge on any atom is -0.372 e. The Balaban J connectivity index is 1.41. The Morgan fingerprint density at radius 3 is 2.83 bits per heavy atom. The van der Waals surface area contributed by atoms with E-state index in [4.69, 9.17) is 4.74 Å². The molecule has 24 heavy (non-hydrogen) atoms. The van der Waals surface area contributed by atoms with Gasteiger partial charge >= 0.3 is 0 Å². The van der Waals surface area contributed by atoms with E-state index in [0.29, 0.717) is 6.54 Å². The van der Waals surface area contributed by atoms with Crippen molar-refractivity contribution in [2.45, 2.75) is 32.7 Å². The number of nitrogens with zero attached hydrogens (tertiary/aromatic N) is 3. The standard InChI is InChI=1S/C19H20N4O/c1-14(15-7-8-16-11-24-12-17(16)9-15)20-10-19-21-13-23(22-19)18-5-3-2-4-6-18/h2-9,13-14,20H,10-12H2,1H3. The summed E-state index contributed by atoms with van der Waals surface area (Å²) in [5, 5.41) is 8.02. The lowest BCUT2D eigenvalue weighted by Crippen LogP contribution is -2.19. The van der Waals surface area contributed by atoms with Gasteiger partial charge in [0, 0.05) is 6.04 Å². The summed E-state index contributed by atoms with van der Waals surface area (Å²) in [7, 11) is 0. The fraction of sp³-hybridized carbons (Fsp3) is 0.263. The second kappa shape index (κ2) is 6.55. The molecule has 4 rings (SSSR count). The molecule has 0 radical (unpaired) electrons. The van der Waals surface area contributed by atoms with Gasteiger partial charge in [-0.2, -0.15) is 0 Å². The number of hydrogen-bond donors (Lipinski definition) is 1. The van der Waals surface area contributed by atoms with Crippen molar-refractivity contribution in [1.82, 2.24) is 20.1 Å². The highest BCUT2D eigenvalue weighted by Gasteiger charge is 2.14. The molecule has 0 saturated heterocycles. The molecule has 1 N–H and O–H groups in total. The van der Waals surface area contributed by atoms with E-state index in [1.807, 2.05) is 30.3 Å². The molecule has 5 heteroatoms. The quantitative estimate of drug-likeness (QED) is 0.784. The number of hydrogen-bond acceptors (Lipinski definition) is 4. The van der Waals surface area contributed by atoms with Crippen LogP contribution in [0.2, 0.25) is 0 Å². The van der Waals surface area contributed by atoms with Crippen molar-refractivity contribution in [2.75, 3.05) is 0 Å². The van der Waals surface area contributed by atoms with Crippen LogP contribution in [0.15, 0.2) is 54.9 Å². The molecule has 0 aliphatic carbocycles. The van der Waals surface area contributed by atoms with Gasteiger partial charge in [-0.25, -0.2) is 9.67 Å². The summed E-state index contributed by atoms with van der Waals surface area (Å²) in [4.78, 5) is 4.39. The maximum atomic E-state index is 5.48. The van der Waals surface area contributed by atoms with E-state index < -0.39 is 0 Å². The maximum absolute atomic E-state index is 5.48. The lowest BCUT2D eigenvalue weighted by Gasteiger charge is -2.14. The third kappa shape index (κ3) is 3.09. The van der Waals surface area contributed by atoms with Gasteiger partial charge in [0.15, 0.2) is 5.82 Å². The largest absolute Gasteiger partial charge is 0.372 e. The zero-order valence-corrected chi connectivity index (χ0v) is 13.6.